The molecule has 2 heterocycles. The van der Waals surface area contributed by atoms with Crippen molar-refractivity contribution in [2.75, 3.05) is 13.2 Å². The van der Waals surface area contributed by atoms with Gasteiger partial charge in [-0.25, -0.2) is 19.2 Å². The predicted molar refractivity (Wildman–Crippen MR) is 241 cm³/mol. The SMILES string of the molecule is CC(/C=C/C=C(\C)C(=O)O[C@@H]1OC(CO[C@@H]2OC(CO)[C@@H](O)C(O)C2O)[C@@H](O)C(O)C1O)=C\C=C\C=C(C)\C=C\C=C(/C)C(=O)O[C@@H]1[C@@H](O)C[C@](O)(C(=O)O)C[C@H]1OC(=O)/C=C/c1ccc(O)c(O)c1. The number of aromatic hydroxyl groups is 2. The Hall–Kier alpha value is -5.86. The molecule has 3 aliphatic rings. The fourth-order valence-corrected chi connectivity index (χ4v) is 6.99. The summed E-state index contributed by atoms with van der Waals surface area (Å²) in [6.07, 6.45) is -4.47. The van der Waals surface area contributed by atoms with Crippen LogP contribution in [-0.2, 0) is 47.6 Å². The molecule has 22 nitrogen and oxygen atoms in total. The summed E-state index contributed by atoms with van der Waals surface area (Å²) in [6.45, 7) is 5.09. The third-order valence-electron chi connectivity index (χ3n) is 11.2. The number of hydrogen-bond donors (Lipinski definition) is 12. The molecule has 0 bridgehead atoms. The van der Waals surface area contributed by atoms with Gasteiger partial charge in [0.1, 0.15) is 54.9 Å². The minimum absolute atomic E-state index is 0.0659. The highest BCUT2D eigenvalue weighted by atomic mass is 16.7. The average Bonchev–Trinajstić information content (AvgIpc) is 3.31. The minimum Gasteiger partial charge on any atom is -0.504 e. The van der Waals surface area contributed by atoms with Crippen molar-refractivity contribution in [3.63, 3.8) is 0 Å². The number of carboxylic acids is 1. The predicted octanol–water partition coefficient (Wildman–Crippen LogP) is -0.474. The zero-order valence-corrected chi connectivity index (χ0v) is 38.4. The molecule has 1 aromatic carbocycles. The summed E-state index contributed by atoms with van der Waals surface area (Å²) in [5, 5.41) is 121. The molecule has 3 fully saturated rings. The van der Waals surface area contributed by atoms with Crippen molar-refractivity contribution in [1.29, 1.82) is 0 Å². The third-order valence-corrected chi connectivity index (χ3v) is 11.2. The van der Waals surface area contributed by atoms with Crippen LogP contribution in [0.25, 0.3) is 6.08 Å². The van der Waals surface area contributed by atoms with Crippen LogP contribution in [0, 0.1) is 0 Å². The molecule has 1 aliphatic carbocycles. The van der Waals surface area contributed by atoms with E-state index in [0.717, 1.165) is 23.3 Å². The molecule has 2 saturated heterocycles. The summed E-state index contributed by atoms with van der Waals surface area (Å²) in [5.74, 6) is -5.41. The van der Waals surface area contributed by atoms with Crippen molar-refractivity contribution < 1.29 is 109 Å². The van der Waals surface area contributed by atoms with E-state index in [1.807, 2.05) is 0 Å². The van der Waals surface area contributed by atoms with Crippen molar-refractivity contribution in [3.8, 4) is 11.5 Å². The number of rotatable bonds is 18. The van der Waals surface area contributed by atoms with Gasteiger partial charge in [-0.3, -0.25) is 0 Å². The van der Waals surface area contributed by atoms with Crippen molar-refractivity contribution >= 4 is 30.0 Å². The van der Waals surface area contributed by atoms with Crippen molar-refractivity contribution in [3.05, 3.63) is 113 Å². The summed E-state index contributed by atoms with van der Waals surface area (Å²) in [6, 6.07) is 3.73. The Bertz CT molecular complexity index is 2260. The van der Waals surface area contributed by atoms with Gasteiger partial charge >= 0.3 is 23.9 Å². The number of benzene rings is 1. The summed E-state index contributed by atoms with van der Waals surface area (Å²) >= 11 is 0. The lowest BCUT2D eigenvalue weighted by Crippen LogP contribution is -2.61. The fraction of sp³-hybridized carbons (Fsp3) is 0.458. The van der Waals surface area contributed by atoms with Gasteiger partial charge in [0.2, 0.25) is 6.29 Å². The van der Waals surface area contributed by atoms with Gasteiger partial charge in [-0.2, -0.15) is 0 Å². The number of carbonyl (C=O) groups excluding carboxylic acids is 3. The van der Waals surface area contributed by atoms with Gasteiger partial charge in [-0.05, 0) is 51.5 Å². The molecule has 0 aromatic heterocycles. The zero-order chi connectivity index (χ0) is 52.0. The molecule has 0 spiro atoms. The van der Waals surface area contributed by atoms with E-state index in [4.69, 9.17) is 28.4 Å². The first-order chi connectivity index (χ1) is 33.0. The third kappa shape index (κ3) is 15.6. The van der Waals surface area contributed by atoms with Gasteiger partial charge in [-0.15, -0.1) is 0 Å². The molecule has 4 rings (SSSR count). The van der Waals surface area contributed by atoms with Crippen molar-refractivity contribution in [2.24, 2.45) is 0 Å². The maximum Gasteiger partial charge on any atom is 0.336 e. The number of phenols is 2. The largest absolute Gasteiger partial charge is 0.504 e. The van der Waals surface area contributed by atoms with Crippen LogP contribution in [0.4, 0.5) is 0 Å². The van der Waals surface area contributed by atoms with Crippen LogP contribution in [0.5, 0.6) is 11.5 Å². The summed E-state index contributed by atoms with van der Waals surface area (Å²) in [5.41, 5.74) is -0.549. The van der Waals surface area contributed by atoms with E-state index < -0.39 is 141 Å². The van der Waals surface area contributed by atoms with E-state index in [0.29, 0.717) is 5.56 Å². The monoisotopic (exact) mass is 988 g/mol. The van der Waals surface area contributed by atoms with Crippen LogP contribution in [0.15, 0.2) is 107 Å². The number of hydrogen-bond acceptors (Lipinski definition) is 21. The molecule has 384 valence electrons. The molecule has 1 aromatic rings. The van der Waals surface area contributed by atoms with Gasteiger partial charge in [-0.1, -0.05) is 78.0 Å². The highest BCUT2D eigenvalue weighted by Crippen LogP contribution is 2.34. The Labute approximate surface area is 401 Å². The lowest BCUT2D eigenvalue weighted by molar-refractivity contribution is -0.326. The van der Waals surface area contributed by atoms with Gasteiger partial charge in [0, 0.05) is 30.1 Å². The van der Waals surface area contributed by atoms with E-state index in [1.165, 1.54) is 44.2 Å². The Morgan fingerprint density at radius 1 is 0.657 bits per heavy atom. The molecule has 0 radical (unpaired) electrons. The topological polar surface area (TPSA) is 366 Å². The van der Waals surface area contributed by atoms with Crippen LogP contribution in [0.2, 0.25) is 0 Å². The van der Waals surface area contributed by atoms with Gasteiger partial charge < -0.3 is 89.7 Å². The van der Waals surface area contributed by atoms with Crippen molar-refractivity contribution in [2.45, 2.75) is 126 Å². The minimum atomic E-state index is -2.50. The lowest BCUT2D eigenvalue weighted by atomic mass is 9.79. The van der Waals surface area contributed by atoms with E-state index >= 15 is 0 Å². The van der Waals surface area contributed by atoms with Gasteiger partial charge in [0.25, 0.3) is 0 Å². The number of phenolic OH excluding ortho intramolecular Hbond substituents is 2. The number of esters is 3. The molecule has 2 aliphatic heterocycles. The zero-order valence-electron chi connectivity index (χ0n) is 38.4. The van der Waals surface area contributed by atoms with Crippen molar-refractivity contribution in [1.82, 2.24) is 0 Å². The van der Waals surface area contributed by atoms with Crippen LogP contribution in [0.3, 0.4) is 0 Å². The summed E-state index contributed by atoms with van der Waals surface area (Å²) < 4.78 is 32.1. The number of allylic oxidation sites excluding steroid dienone is 12. The summed E-state index contributed by atoms with van der Waals surface area (Å²) in [4.78, 5) is 50.4. The molecule has 1 saturated carbocycles. The second-order valence-corrected chi connectivity index (χ2v) is 16.8. The molecule has 12 N–H and O–H groups in total. The molecular weight excluding hydrogens is 929 g/mol. The number of carboxylic acid groups (broad SMARTS) is 1. The molecule has 22 heteroatoms. The molecule has 0 amide bonds. The standard InChI is InChI=1S/C48H60O22/c1-24(11-7-13-26(3)43(60)69-42-31(52)20-48(64,47(62)63)21-32(42)66-35(53)18-16-28-15-17-29(50)30(51)19-28)9-5-6-10-25(2)12-8-14-27(4)44(61)70-46-41(59)39(57)37(55)34(68-46)23-65-45-40(58)38(56)36(54)33(22-49)67-45/h5-19,31-34,36-42,45-46,49-52,54-59,64H,20-23H2,1-4H3,(H,62,63)/b6-5+,11-7+,12-8+,18-16+,24-9+,25-10+,26-13+,27-14+/t31-,32+,33?,34?,36+,37+,38?,39?,40?,41?,42+,45+,46-,48+/m0/s1. The Kier molecular flexibility index (Phi) is 20.9. The normalized spacial score (nSPS) is 32.7. The van der Waals surface area contributed by atoms with E-state index in [-0.39, 0.29) is 16.9 Å². The Morgan fingerprint density at radius 2 is 1.20 bits per heavy atom. The maximum absolute atomic E-state index is 13.0. The van der Waals surface area contributed by atoms with Gasteiger partial charge in [0.05, 0.1) is 19.3 Å². The van der Waals surface area contributed by atoms with E-state index in [1.54, 1.807) is 62.5 Å². The number of aliphatic hydroxyl groups is 9. The average molecular weight is 989 g/mol. The molecular formula is C48H60O22. The molecule has 70 heavy (non-hydrogen) atoms. The number of carbonyl (C=O) groups is 4. The first-order valence-electron chi connectivity index (χ1n) is 21.8. The number of aliphatic carboxylic acids is 1. The molecule has 14 atom stereocenters. The summed E-state index contributed by atoms with van der Waals surface area (Å²) in [7, 11) is 0. The highest BCUT2D eigenvalue weighted by Gasteiger charge is 2.53. The highest BCUT2D eigenvalue weighted by molar-refractivity contribution is 5.89. The number of aliphatic hydroxyl groups excluding tert-OH is 8. The van der Waals surface area contributed by atoms with Crippen LogP contribution in [0.1, 0.15) is 46.1 Å². The molecule has 6 unspecified atom stereocenters. The smallest absolute Gasteiger partial charge is 0.336 e. The maximum atomic E-state index is 13.0. The first kappa shape index (κ1) is 56.7. The fourth-order valence-electron chi connectivity index (χ4n) is 6.99. The first-order valence-corrected chi connectivity index (χ1v) is 21.8. The van der Waals surface area contributed by atoms with Gasteiger partial charge in [0.15, 0.2) is 29.5 Å². The second-order valence-electron chi connectivity index (χ2n) is 16.8. The second kappa shape index (κ2) is 25.8. The van der Waals surface area contributed by atoms with E-state index in [9.17, 15) is 80.5 Å². The Balaban J connectivity index is 1.28. The van der Waals surface area contributed by atoms with E-state index in [2.05, 4.69) is 0 Å². The van der Waals surface area contributed by atoms with Crippen LogP contribution >= 0.6 is 0 Å². The van der Waals surface area contributed by atoms with Crippen LogP contribution < -0.4 is 0 Å². The lowest BCUT2D eigenvalue weighted by Gasteiger charge is -2.42. The van der Waals surface area contributed by atoms with Crippen LogP contribution in [-0.4, -0.2) is 184 Å². The Morgan fingerprint density at radius 3 is 1.76 bits per heavy atom. The number of ether oxygens (including phenoxy) is 6. The quantitative estimate of drug-likeness (QED) is 0.0291.